The summed E-state index contributed by atoms with van der Waals surface area (Å²) in [6.45, 7) is 2.03. The average molecular weight is 276 g/mol. The summed E-state index contributed by atoms with van der Waals surface area (Å²) in [5.41, 5.74) is 2.96. The normalized spacial score (nSPS) is 10.1. The maximum absolute atomic E-state index is 8.57. The average Bonchev–Trinajstić information content (AvgIpc) is 2.71. The summed E-state index contributed by atoms with van der Waals surface area (Å²) < 4.78 is 2.87. The summed E-state index contributed by atoms with van der Waals surface area (Å²) in [5, 5.41) is 12.9. The van der Waals surface area contributed by atoms with E-state index in [1.165, 1.54) is 0 Å². The fourth-order valence-corrected chi connectivity index (χ4v) is 1.70. The van der Waals surface area contributed by atoms with Crippen molar-refractivity contribution in [2.45, 2.75) is 13.3 Å². The predicted molar refractivity (Wildman–Crippen MR) is 65.3 cm³/mol. The van der Waals surface area contributed by atoms with Gasteiger partial charge in [-0.25, -0.2) is 4.68 Å². The van der Waals surface area contributed by atoms with E-state index in [4.69, 9.17) is 5.26 Å². The molecule has 0 aliphatic rings. The molecule has 1 aromatic carbocycles. The molecule has 0 aliphatic carbocycles. The number of hydrogen-bond donors (Lipinski definition) is 0. The summed E-state index contributed by atoms with van der Waals surface area (Å²) in [6, 6.07) is 9.98. The Morgan fingerprint density at radius 3 is 2.94 bits per heavy atom. The molecule has 1 aromatic heterocycles. The molecule has 0 saturated carbocycles. The summed E-state index contributed by atoms with van der Waals surface area (Å²) in [7, 11) is 0. The summed E-state index contributed by atoms with van der Waals surface area (Å²) in [4.78, 5) is 0. The largest absolute Gasteiger partial charge is 0.241 e. The third kappa shape index (κ3) is 2.15. The molecule has 0 amide bonds. The molecule has 0 unspecified atom stereocenters. The maximum atomic E-state index is 8.57. The van der Waals surface area contributed by atoms with Gasteiger partial charge in [0.15, 0.2) is 0 Å². The Bertz CT molecular complexity index is 552. The van der Waals surface area contributed by atoms with E-state index in [0.717, 1.165) is 21.4 Å². The van der Waals surface area contributed by atoms with E-state index in [9.17, 15) is 0 Å². The SMILES string of the molecule is Cc1cc(-n2ccc(CC#N)n2)ccc1Br. The van der Waals surface area contributed by atoms with Gasteiger partial charge in [-0.1, -0.05) is 15.9 Å². The number of nitrogens with zero attached hydrogens (tertiary/aromatic N) is 3. The number of benzene rings is 1. The lowest BCUT2D eigenvalue weighted by Crippen LogP contribution is -1.96. The molecule has 2 rings (SSSR count). The molecule has 1 heterocycles. The van der Waals surface area contributed by atoms with Gasteiger partial charge in [0.05, 0.1) is 23.9 Å². The standard InChI is InChI=1S/C12H10BrN3/c1-9-8-11(2-3-12(9)13)16-7-5-10(15-16)4-6-14/h2-3,5,7-8H,4H2,1H3. The first kappa shape index (κ1) is 10.9. The number of aryl methyl sites for hydroxylation is 1. The van der Waals surface area contributed by atoms with Gasteiger partial charge in [-0.15, -0.1) is 0 Å². The lowest BCUT2D eigenvalue weighted by Gasteiger charge is -2.03. The van der Waals surface area contributed by atoms with E-state index in [0.29, 0.717) is 6.42 Å². The van der Waals surface area contributed by atoms with Crippen LogP contribution in [0, 0.1) is 18.3 Å². The predicted octanol–water partition coefficient (Wildman–Crippen LogP) is 3.01. The number of aromatic nitrogens is 2. The van der Waals surface area contributed by atoms with Crippen LogP contribution in [0.1, 0.15) is 11.3 Å². The van der Waals surface area contributed by atoms with Crippen molar-refractivity contribution >= 4 is 15.9 Å². The van der Waals surface area contributed by atoms with Crippen molar-refractivity contribution in [2.75, 3.05) is 0 Å². The third-order valence-corrected chi connectivity index (χ3v) is 3.20. The van der Waals surface area contributed by atoms with Gasteiger partial charge in [0.25, 0.3) is 0 Å². The van der Waals surface area contributed by atoms with Gasteiger partial charge >= 0.3 is 0 Å². The fourth-order valence-electron chi connectivity index (χ4n) is 1.45. The minimum Gasteiger partial charge on any atom is -0.241 e. The topological polar surface area (TPSA) is 41.6 Å². The van der Waals surface area contributed by atoms with E-state index < -0.39 is 0 Å². The van der Waals surface area contributed by atoms with Crippen molar-refractivity contribution in [2.24, 2.45) is 0 Å². The lowest BCUT2D eigenvalue weighted by molar-refractivity contribution is 0.851. The van der Waals surface area contributed by atoms with Gasteiger partial charge in [0, 0.05) is 10.7 Å². The molecule has 4 heteroatoms. The van der Waals surface area contributed by atoms with Crippen LogP contribution in [0.25, 0.3) is 5.69 Å². The molecule has 0 spiro atoms. The Morgan fingerprint density at radius 2 is 2.25 bits per heavy atom. The van der Waals surface area contributed by atoms with E-state index in [1.807, 2.05) is 37.4 Å². The van der Waals surface area contributed by atoms with Crippen LogP contribution in [0.5, 0.6) is 0 Å². The van der Waals surface area contributed by atoms with Gasteiger partial charge in [0.2, 0.25) is 0 Å². The van der Waals surface area contributed by atoms with Crippen LogP contribution >= 0.6 is 15.9 Å². The molecule has 0 aliphatic heterocycles. The van der Waals surface area contributed by atoms with Crippen LogP contribution in [0.4, 0.5) is 0 Å². The second-order valence-electron chi connectivity index (χ2n) is 3.52. The minimum atomic E-state index is 0.350. The first-order chi connectivity index (χ1) is 7.70. The van der Waals surface area contributed by atoms with Crippen molar-refractivity contribution < 1.29 is 0 Å². The number of hydrogen-bond acceptors (Lipinski definition) is 2. The molecule has 2 aromatic rings. The fraction of sp³-hybridized carbons (Fsp3) is 0.167. The Balaban J connectivity index is 2.36. The van der Waals surface area contributed by atoms with Gasteiger partial charge in [-0.2, -0.15) is 10.4 Å². The molecule has 0 N–H and O–H groups in total. The van der Waals surface area contributed by atoms with Crippen LogP contribution in [0.15, 0.2) is 34.9 Å². The number of rotatable bonds is 2. The van der Waals surface area contributed by atoms with E-state index in [2.05, 4.69) is 27.1 Å². The molecular weight excluding hydrogens is 266 g/mol. The van der Waals surface area contributed by atoms with Crippen LogP contribution < -0.4 is 0 Å². The van der Waals surface area contributed by atoms with Crippen molar-refractivity contribution in [3.63, 3.8) is 0 Å². The van der Waals surface area contributed by atoms with Gasteiger partial charge in [-0.05, 0) is 36.8 Å². The van der Waals surface area contributed by atoms with Crippen molar-refractivity contribution in [3.8, 4) is 11.8 Å². The first-order valence-corrected chi connectivity index (χ1v) is 5.68. The zero-order chi connectivity index (χ0) is 11.5. The van der Waals surface area contributed by atoms with Crippen molar-refractivity contribution in [1.29, 1.82) is 5.26 Å². The zero-order valence-electron chi connectivity index (χ0n) is 8.81. The van der Waals surface area contributed by atoms with Crippen molar-refractivity contribution in [3.05, 3.63) is 46.2 Å². The minimum absolute atomic E-state index is 0.350. The quantitative estimate of drug-likeness (QED) is 0.846. The smallest absolute Gasteiger partial charge is 0.0793 e. The second-order valence-corrected chi connectivity index (χ2v) is 4.37. The molecule has 0 bridgehead atoms. The van der Waals surface area contributed by atoms with E-state index in [1.54, 1.807) is 4.68 Å². The zero-order valence-corrected chi connectivity index (χ0v) is 10.4. The molecule has 0 atom stereocenters. The molecule has 0 saturated heterocycles. The highest BCUT2D eigenvalue weighted by Crippen LogP contribution is 2.19. The van der Waals surface area contributed by atoms with E-state index in [-0.39, 0.29) is 0 Å². The molecule has 3 nitrogen and oxygen atoms in total. The number of nitriles is 1. The van der Waals surface area contributed by atoms with Gasteiger partial charge < -0.3 is 0 Å². The summed E-state index contributed by atoms with van der Waals surface area (Å²) in [6.07, 6.45) is 2.22. The Labute approximate surface area is 102 Å². The highest BCUT2D eigenvalue weighted by atomic mass is 79.9. The molecule has 16 heavy (non-hydrogen) atoms. The van der Waals surface area contributed by atoms with Crippen molar-refractivity contribution in [1.82, 2.24) is 9.78 Å². The van der Waals surface area contributed by atoms with Crippen LogP contribution in [0.3, 0.4) is 0 Å². The van der Waals surface area contributed by atoms with E-state index >= 15 is 0 Å². The highest BCUT2D eigenvalue weighted by Gasteiger charge is 2.02. The molecular formula is C12H10BrN3. The molecule has 80 valence electrons. The number of halogens is 1. The summed E-state index contributed by atoms with van der Waals surface area (Å²) >= 11 is 3.46. The second kappa shape index (κ2) is 4.50. The molecule has 0 fully saturated rings. The molecule has 0 radical (unpaired) electrons. The highest BCUT2D eigenvalue weighted by molar-refractivity contribution is 9.10. The summed E-state index contributed by atoms with van der Waals surface area (Å²) in [5.74, 6) is 0. The van der Waals surface area contributed by atoms with Crippen LogP contribution in [-0.2, 0) is 6.42 Å². The third-order valence-electron chi connectivity index (χ3n) is 2.31. The lowest BCUT2D eigenvalue weighted by atomic mass is 10.2. The van der Waals surface area contributed by atoms with Gasteiger partial charge in [0.1, 0.15) is 0 Å². The maximum Gasteiger partial charge on any atom is 0.0793 e. The van der Waals surface area contributed by atoms with Crippen LogP contribution in [0.2, 0.25) is 0 Å². The Kier molecular flexibility index (Phi) is 3.07. The van der Waals surface area contributed by atoms with Crippen LogP contribution in [-0.4, -0.2) is 9.78 Å². The first-order valence-electron chi connectivity index (χ1n) is 4.89. The Hall–Kier alpha value is -1.60. The Morgan fingerprint density at radius 1 is 1.44 bits per heavy atom. The van der Waals surface area contributed by atoms with Gasteiger partial charge in [-0.3, -0.25) is 0 Å². The monoisotopic (exact) mass is 275 g/mol.